The van der Waals surface area contributed by atoms with Crippen LogP contribution in [-0.4, -0.2) is 36.7 Å². The number of carboxylic acids is 1. The van der Waals surface area contributed by atoms with E-state index in [9.17, 15) is 18.3 Å². The van der Waals surface area contributed by atoms with E-state index in [1.807, 2.05) is 31.2 Å². The summed E-state index contributed by atoms with van der Waals surface area (Å²) in [5.41, 5.74) is 2.78. The fraction of sp³-hybridized carbons (Fsp3) is 0.346. The molecule has 0 aliphatic heterocycles. The van der Waals surface area contributed by atoms with Crippen LogP contribution in [0.2, 0.25) is 0 Å². The molecule has 2 aromatic carbocycles. The maximum absolute atomic E-state index is 13.0. The van der Waals surface area contributed by atoms with Crippen LogP contribution < -0.4 is 9.46 Å². The lowest BCUT2D eigenvalue weighted by Gasteiger charge is -2.16. The highest BCUT2D eigenvalue weighted by Crippen LogP contribution is 2.28. The molecule has 34 heavy (non-hydrogen) atoms. The van der Waals surface area contributed by atoms with Crippen molar-refractivity contribution in [3.05, 3.63) is 59.8 Å². The number of sulfonamides is 1. The molecule has 0 aliphatic rings. The van der Waals surface area contributed by atoms with E-state index in [2.05, 4.69) is 35.0 Å². The summed E-state index contributed by atoms with van der Waals surface area (Å²) < 4.78 is 35.9. The molecule has 0 amide bonds. The van der Waals surface area contributed by atoms with Crippen molar-refractivity contribution < 1.29 is 23.1 Å². The molecule has 8 heteroatoms. The Morgan fingerprint density at radius 3 is 2.44 bits per heavy atom. The number of aliphatic carboxylic acids is 1. The topological polar surface area (TPSA) is 97.6 Å². The summed E-state index contributed by atoms with van der Waals surface area (Å²) in [7, 11) is -4.07. The van der Waals surface area contributed by atoms with E-state index in [-0.39, 0.29) is 17.9 Å². The Morgan fingerprint density at radius 2 is 1.82 bits per heavy atom. The lowest BCUT2D eigenvalue weighted by atomic mass is 10.0. The average molecular weight is 483 g/mol. The van der Waals surface area contributed by atoms with Gasteiger partial charge in [0.25, 0.3) is 0 Å². The average Bonchev–Trinajstić information content (AvgIpc) is 3.04. The minimum atomic E-state index is -4.07. The summed E-state index contributed by atoms with van der Waals surface area (Å²) in [6.07, 6.45) is 0.0306. The van der Waals surface area contributed by atoms with Crippen LogP contribution in [0.5, 0.6) is 5.75 Å². The lowest BCUT2D eigenvalue weighted by Crippen LogP contribution is -2.42. The Balaban J connectivity index is 1.88. The Bertz CT molecular complexity index is 1330. The van der Waals surface area contributed by atoms with E-state index in [1.165, 1.54) is 24.3 Å². The SMILES string of the molecule is CC#CCOc1ccc(S(=O)(=O)NC(Cc2c(C)n(CC(C)C)c3ccccc23)C(=O)O)cc1. The smallest absolute Gasteiger partial charge is 0.322 e. The Kier molecular flexibility index (Phi) is 8.02. The maximum Gasteiger partial charge on any atom is 0.322 e. The van der Waals surface area contributed by atoms with Crippen LogP contribution in [0.4, 0.5) is 0 Å². The number of nitrogens with one attached hydrogen (secondary N) is 1. The van der Waals surface area contributed by atoms with Crippen LogP contribution in [-0.2, 0) is 27.8 Å². The van der Waals surface area contributed by atoms with Gasteiger partial charge in [0.1, 0.15) is 18.4 Å². The first kappa shape index (κ1) is 25.3. The molecule has 1 aromatic heterocycles. The molecule has 3 aromatic rings. The van der Waals surface area contributed by atoms with Crippen LogP contribution in [0.15, 0.2) is 53.4 Å². The second-order valence-electron chi connectivity index (χ2n) is 8.49. The van der Waals surface area contributed by atoms with Crippen molar-refractivity contribution in [3.63, 3.8) is 0 Å². The highest BCUT2D eigenvalue weighted by Gasteiger charge is 2.28. The zero-order valence-corrected chi connectivity index (χ0v) is 20.6. The van der Waals surface area contributed by atoms with Gasteiger partial charge in [0.15, 0.2) is 0 Å². The zero-order chi connectivity index (χ0) is 24.9. The van der Waals surface area contributed by atoms with Gasteiger partial charge in [0, 0.05) is 29.6 Å². The van der Waals surface area contributed by atoms with Crippen LogP contribution in [0.1, 0.15) is 32.0 Å². The number of hydrogen-bond donors (Lipinski definition) is 2. The molecule has 1 unspecified atom stereocenters. The fourth-order valence-corrected chi connectivity index (χ4v) is 5.10. The number of fused-ring (bicyclic) bond motifs is 1. The number of ether oxygens (including phenoxy) is 1. The van der Waals surface area contributed by atoms with Gasteiger partial charge in [0.2, 0.25) is 10.0 Å². The van der Waals surface area contributed by atoms with Gasteiger partial charge in [-0.25, -0.2) is 8.42 Å². The number of carboxylic acid groups (broad SMARTS) is 1. The highest BCUT2D eigenvalue weighted by atomic mass is 32.2. The molecule has 0 aliphatic carbocycles. The maximum atomic E-state index is 13.0. The first-order valence-electron chi connectivity index (χ1n) is 11.1. The number of benzene rings is 2. The van der Waals surface area contributed by atoms with Gasteiger partial charge < -0.3 is 14.4 Å². The van der Waals surface area contributed by atoms with Crippen molar-refractivity contribution in [1.29, 1.82) is 0 Å². The van der Waals surface area contributed by atoms with E-state index in [4.69, 9.17) is 4.74 Å². The van der Waals surface area contributed by atoms with E-state index in [0.29, 0.717) is 11.7 Å². The van der Waals surface area contributed by atoms with Crippen molar-refractivity contribution in [3.8, 4) is 17.6 Å². The molecule has 2 N–H and O–H groups in total. The van der Waals surface area contributed by atoms with E-state index < -0.39 is 22.0 Å². The number of carbonyl (C=O) groups is 1. The van der Waals surface area contributed by atoms with E-state index in [0.717, 1.165) is 28.7 Å². The quantitative estimate of drug-likeness (QED) is 0.426. The molecule has 0 saturated carbocycles. The van der Waals surface area contributed by atoms with Gasteiger partial charge in [-0.05, 0) is 55.7 Å². The van der Waals surface area contributed by atoms with E-state index >= 15 is 0 Å². The second kappa shape index (κ2) is 10.8. The molecule has 1 atom stereocenters. The molecule has 180 valence electrons. The van der Waals surface area contributed by atoms with Crippen LogP contribution in [0.25, 0.3) is 10.9 Å². The summed E-state index contributed by atoms with van der Waals surface area (Å²) >= 11 is 0. The minimum absolute atomic E-state index is 0.0306. The third-order valence-electron chi connectivity index (χ3n) is 5.53. The third kappa shape index (κ3) is 5.79. The fourth-order valence-electron chi connectivity index (χ4n) is 3.91. The molecule has 3 rings (SSSR count). The normalized spacial score (nSPS) is 12.4. The van der Waals surface area contributed by atoms with Gasteiger partial charge in [-0.15, -0.1) is 5.92 Å². The Morgan fingerprint density at radius 1 is 1.15 bits per heavy atom. The molecule has 7 nitrogen and oxygen atoms in total. The second-order valence-corrected chi connectivity index (χ2v) is 10.2. The van der Waals surface area contributed by atoms with Gasteiger partial charge in [0.05, 0.1) is 4.90 Å². The van der Waals surface area contributed by atoms with Crippen LogP contribution in [0.3, 0.4) is 0 Å². The molecule has 0 fully saturated rings. The van der Waals surface area contributed by atoms with Crippen LogP contribution in [0, 0.1) is 24.7 Å². The van der Waals surface area contributed by atoms with Gasteiger partial charge >= 0.3 is 5.97 Å². The minimum Gasteiger partial charge on any atom is -0.481 e. The Labute approximate surface area is 200 Å². The standard InChI is InChI=1S/C26H30N2O5S/c1-5-6-15-33-20-11-13-21(14-12-20)34(31,32)27-24(26(29)30)16-23-19(4)28(17-18(2)3)25-10-8-7-9-22(23)25/h7-14,18,24,27H,15-17H2,1-4H3,(H,29,30). The molecule has 0 radical (unpaired) electrons. The summed E-state index contributed by atoms with van der Waals surface area (Å²) in [4.78, 5) is 12.0. The molecule has 0 saturated heterocycles. The van der Waals surface area contributed by atoms with Crippen molar-refractivity contribution in [2.45, 2.75) is 51.6 Å². The van der Waals surface area contributed by atoms with Crippen molar-refractivity contribution >= 4 is 26.9 Å². The molecule has 1 heterocycles. The summed E-state index contributed by atoms with van der Waals surface area (Å²) in [6, 6.07) is 12.3. The van der Waals surface area contributed by atoms with E-state index in [1.54, 1.807) is 6.92 Å². The lowest BCUT2D eigenvalue weighted by molar-refractivity contribution is -0.138. The first-order valence-corrected chi connectivity index (χ1v) is 12.6. The summed E-state index contributed by atoms with van der Waals surface area (Å²) in [5, 5.41) is 10.8. The Hall–Kier alpha value is -3.28. The van der Waals surface area contributed by atoms with Gasteiger partial charge in [-0.2, -0.15) is 4.72 Å². The van der Waals surface area contributed by atoms with Crippen LogP contribution >= 0.6 is 0 Å². The summed E-state index contributed by atoms with van der Waals surface area (Å²) in [6.45, 7) is 8.88. The van der Waals surface area contributed by atoms with Crippen molar-refractivity contribution in [2.24, 2.45) is 5.92 Å². The molecule has 0 bridgehead atoms. The highest BCUT2D eigenvalue weighted by molar-refractivity contribution is 7.89. The van der Waals surface area contributed by atoms with Crippen molar-refractivity contribution in [1.82, 2.24) is 9.29 Å². The molecular weight excluding hydrogens is 452 g/mol. The number of nitrogens with zero attached hydrogens (tertiary/aromatic N) is 1. The number of rotatable bonds is 10. The first-order chi connectivity index (χ1) is 16.1. The number of hydrogen-bond acceptors (Lipinski definition) is 4. The molecular formula is C26H30N2O5S. The summed E-state index contributed by atoms with van der Waals surface area (Å²) in [5.74, 6) is 5.12. The third-order valence-corrected chi connectivity index (χ3v) is 7.02. The monoisotopic (exact) mass is 482 g/mol. The van der Waals surface area contributed by atoms with Gasteiger partial charge in [-0.3, -0.25) is 4.79 Å². The number of aromatic nitrogens is 1. The van der Waals surface area contributed by atoms with Gasteiger partial charge in [-0.1, -0.05) is 38.0 Å². The molecule has 0 spiro atoms. The predicted molar refractivity (Wildman–Crippen MR) is 132 cm³/mol. The van der Waals surface area contributed by atoms with Crippen molar-refractivity contribution in [2.75, 3.05) is 6.61 Å². The zero-order valence-electron chi connectivity index (χ0n) is 19.8. The largest absolute Gasteiger partial charge is 0.481 e. The predicted octanol–water partition coefficient (Wildman–Crippen LogP) is 3.98. The number of para-hydroxylation sites is 1.